The van der Waals surface area contributed by atoms with Gasteiger partial charge in [-0.2, -0.15) is 0 Å². The molecule has 0 fully saturated rings. The van der Waals surface area contributed by atoms with Crippen LogP contribution in [0.25, 0.3) is 0 Å². The van der Waals surface area contributed by atoms with E-state index in [1.165, 1.54) is 0 Å². The van der Waals surface area contributed by atoms with Crippen molar-refractivity contribution < 1.29 is 5.11 Å². The average Bonchev–Trinajstić information content (AvgIpc) is 2.21. The molecular formula is C11H16BrNO. The van der Waals surface area contributed by atoms with E-state index in [4.69, 9.17) is 5.11 Å². The van der Waals surface area contributed by atoms with Gasteiger partial charge in [-0.25, -0.2) is 0 Å². The lowest BCUT2D eigenvalue weighted by atomic mass is 10.1. The average molecular weight is 258 g/mol. The summed E-state index contributed by atoms with van der Waals surface area (Å²) in [5.74, 6) is 0.373. The molecule has 0 bridgehead atoms. The molecule has 0 spiro atoms. The van der Waals surface area contributed by atoms with Crippen LogP contribution in [0.2, 0.25) is 0 Å². The van der Waals surface area contributed by atoms with Crippen LogP contribution in [0.3, 0.4) is 0 Å². The van der Waals surface area contributed by atoms with E-state index in [0.29, 0.717) is 5.92 Å². The van der Waals surface area contributed by atoms with Gasteiger partial charge in [-0.3, -0.25) is 0 Å². The number of nitrogens with one attached hydrogen (secondary N) is 1. The van der Waals surface area contributed by atoms with E-state index < -0.39 is 0 Å². The Bertz CT molecular complexity index is 260. The van der Waals surface area contributed by atoms with Gasteiger partial charge in [0.25, 0.3) is 0 Å². The van der Waals surface area contributed by atoms with Crippen molar-refractivity contribution in [2.45, 2.75) is 13.3 Å². The topological polar surface area (TPSA) is 32.3 Å². The van der Waals surface area contributed by atoms with E-state index in [0.717, 1.165) is 23.1 Å². The van der Waals surface area contributed by atoms with Gasteiger partial charge in [0.2, 0.25) is 0 Å². The van der Waals surface area contributed by atoms with Gasteiger partial charge >= 0.3 is 0 Å². The standard InChI is InChI=1S/C11H16BrNO/c1-9(8-14)6-7-13-11-4-2-10(12)3-5-11/h2-5,9,13-14H,6-8H2,1H3. The molecule has 2 nitrogen and oxygen atoms in total. The first-order valence-corrected chi connectivity index (χ1v) is 5.62. The Morgan fingerprint density at radius 1 is 1.36 bits per heavy atom. The molecule has 0 aliphatic heterocycles. The highest BCUT2D eigenvalue weighted by molar-refractivity contribution is 9.10. The van der Waals surface area contributed by atoms with E-state index >= 15 is 0 Å². The summed E-state index contributed by atoms with van der Waals surface area (Å²) in [7, 11) is 0. The molecule has 0 saturated heterocycles. The summed E-state index contributed by atoms with van der Waals surface area (Å²) in [6.07, 6.45) is 0.993. The number of hydrogen-bond acceptors (Lipinski definition) is 2. The molecule has 0 aromatic heterocycles. The van der Waals surface area contributed by atoms with Crippen molar-refractivity contribution in [3.05, 3.63) is 28.7 Å². The van der Waals surface area contributed by atoms with Gasteiger partial charge in [0.15, 0.2) is 0 Å². The Kier molecular flexibility index (Phi) is 4.98. The summed E-state index contributed by atoms with van der Waals surface area (Å²) in [5.41, 5.74) is 1.12. The van der Waals surface area contributed by atoms with Crippen molar-refractivity contribution in [3.8, 4) is 0 Å². The summed E-state index contributed by atoms with van der Waals surface area (Å²) in [6.45, 7) is 3.22. The number of benzene rings is 1. The molecular weight excluding hydrogens is 242 g/mol. The van der Waals surface area contributed by atoms with E-state index in [2.05, 4.69) is 21.2 Å². The van der Waals surface area contributed by atoms with E-state index in [1.807, 2.05) is 31.2 Å². The van der Waals surface area contributed by atoms with Crippen molar-refractivity contribution in [3.63, 3.8) is 0 Å². The maximum absolute atomic E-state index is 8.83. The van der Waals surface area contributed by atoms with Gasteiger partial charge in [0, 0.05) is 23.3 Å². The third-order valence-corrected chi connectivity index (χ3v) is 2.65. The molecule has 1 aromatic carbocycles. The minimum Gasteiger partial charge on any atom is -0.396 e. The third kappa shape index (κ3) is 4.11. The first-order valence-electron chi connectivity index (χ1n) is 4.82. The number of anilines is 1. The maximum Gasteiger partial charge on any atom is 0.0457 e. The summed E-state index contributed by atoms with van der Waals surface area (Å²) in [6, 6.07) is 8.09. The molecule has 1 atom stereocenters. The van der Waals surface area contributed by atoms with Crippen LogP contribution >= 0.6 is 15.9 Å². The lowest BCUT2D eigenvalue weighted by molar-refractivity contribution is 0.233. The second-order valence-electron chi connectivity index (χ2n) is 3.51. The second-order valence-corrected chi connectivity index (χ2v) is 4.43. The zero-order valence-corrected chi connectivity index (χ0v) is 9.92. The van der Waals surface area contributed by atoms with Crippen molar-refractivity contribution in [2.24, 2.45) is 5.92 Å². The van der Waals surface area contributed by atoms with Crippen molar-refractivity contribution >= 4 is 21.6 Å². The van der Waals surface area contributed by atoms with Crippen LogP contribution in [0.5, 0.6) is 0 Å². The highest BCUT2D eigenvalue weighted by atomic mass is 79.9. The van der Waals surface area contributed by atoms with E-state index in [9.17, 15) is 0 Å². The fourth-order valence-corrected chi connectivity index (χ4v) is 1.39. The molecule has 1 unspecified atom stereocenters. The Morgan fingerprint density at radius 2 is 2.00 bits per heavy atom. The molecule has 0 amide bonds. The SMILES string of the molecule is CC(CO)CCNc1ccc(Br)cc1. The van der Waals surface area contributed by atoms with Crippen molar-refractivity contribution in [1.82, 2.24) is 0 Å². The third-order valence-electron chi connectivity index (χ3n) is 2.12. The van der Waals surface area contributed by atoms with Gasteiger partial charge in [-0.1, -0.05) is 22.9 Å². The highest BCUT2D eigenvalue weighted by Crippen LogP contribution is 2.14. The van der Waals surface area contributed by atoms with Crippen LogP contribution in [-0.2, 0) is 0 Å². The molecule has 0 saturated carbocycles. The Morgan fingerprint density at radius 3 is 2.57 bits per heavy atom. The van der Waals surface area contributed by atoms with Crippen molar-refractivity contribution in [2.75, 3.05) is 18.5 Å². The Hall–Kier alpha value is -0.540. The van der Waals surface area contributed by atoms with E-state index in [-0.39, 0.29) is 6.61 Å². The molecule has 14 heavy (non-hydrogen) atoms. The first-order chi connectivity index (χ1) is 6.72. The van der Waals surface area contributed by atoms with Crippen molar-refractivity contribution in [1.29, 1.82) is 0 Å². The van der Waals surface area contributed by atoms with Gasteiger partial charge in [0.05, 0.1) is 0 Å². The Labute approximate surface area is 93.5 Å². The molecule has 3 heteroatoms. The predicted octanol–water partition coefficient (Wildman–Crippen LogP) is 2.88. The summed E-state index contributed by atoms with van der Waals surface area (Å²) >= 11 is 3.39. The van der Waals surface area contributed by atoms with Crippen LogP contribution in [-0.4, -0.2) is 18.3 Å². The fraction of sp³-hybridized carbons (Fsp3) is 0.455. The lowest BCUT2D eigenvalue weighted by Gasteiger charge is -2.09. The fourth-order valence-electron chi connectivity index (χ4n) is 1.12. The quantitative estimate of drug-likeness (QED) is 0.851. The monoisotopic (exact) mass is 257 g/mol. The minimum atomic E-state index is 0.266. The molecule has 0 heterocycles. The molecule has 0 radical (unpaired) electrons. The number of halogens is 1. The molecule has 0 aliphatic rings. The van der Waals surface area contributed by atoms with Crippen LogP contribution < -0.4 is 5.32 Å². The summed E-state index contributed by atoms with van der Waals surface area (Å²) in [5, 5.41) is 12.1. The van der Waals surface area contributed by atoms with E-state index in [1.54, 1.807) is 0 Å². The first kappa shape index (κ1) is 11.5. The number of aliphatic hydroxyl groups excluding tert-OH is 1. The van der Waals surface area contributed by atoms with Crippen LogP contribution in [0.4, 0.5) is 5.69 Å². The van der Waals surface area contributed by atoms with Crippen LogP contribution in [0.1, 0.15) is 13.3 Å². The normalized spacial score (nSPS) is 12.5. The maximum atomic E-state index is 8.83. The smallest absolute Gasteiger partial charge is 0.0457 e. The number of hydrogen-bond donors (Lipinski definition) is 2. The zero-order valence-electron chi connectivity index (χ0n) is 8.33. The van der Waals surface area contributed by atoms with Gasteiger partial charge in [0.1, 0.15) is 0 Å². The predicted molar refractivity (Wildman–Crippen MR) is 63.5 cm³/mol. The molecule has 0 aliphatic carbocycles. The highest BCUT2D eigenvalue weighted by Gasteiger charge is 1.98. The Balaban J connectivity index is 2.28. The molecule has 1 aromatic rings. The second kappa shape index (κ2) is 6.04. The summed E-state index contributed by atoms with van der Waals surface area (Å²) in [4.78, 5) is 0. The number of rotatable bonds is 5. The van der Waals surface area contributed by atoms with Gasteiger partial charge in [-0.15, -0.1) is 0 Å². The largest absolute Gasteiger partial charge is 0.396 e. The van der Waals surface area contributed by atoms with Crippen LogP contribution in [0, 0.1) is 5.92 Å². The molecule has 78 valence electrons. The number of aliphatic hydroxyl groups is 1. The van der Waals surface area contributed by atoms with Gasteiger partial charge < -0.3 is 10.4 Å². The lowest BCUT2D eigenvalue weighted by Crippen LogP contribution is -2.09. The summed E-state index contributed by atoms with van der Waals surface area (Å²) < 4.78 is 1.09. The minimum absolute atomic E-state index is 0.266. The molecule has 2 N–H and O–H groups in total. The zero-order chi connectivity index (χ0) is 10.4. The van der Waals surface area contributed by atoms with Gasteiger partial charge in [-0.05, 0) is 36.6 Å². The van der Waals surface area contributed by atoms with Crippen LogP contribution in [0.15, 0.2) is 28.7 Å². The molecule has 1 rings (SSSR count).